The topological polar surface area (TPSA) is 251 Å². The van der Waals surface area contributed by atoms with E-state index in [1.54, 1.807) is 20.0 Å². The summed E-state index contributed by atoms with van der Waals surface area (Å²) in [4.78, 5) is 99.0. The number of aliphatic hydroxyl groups excluding tert-OH is 1. The van der Waals surface area contributed by atoms with Gasteiger partial charge in [-0.1, -0.05) is 49.8 Å². The number of fused-ring (bicyclic) bond motifs is 2. The molecule has 1 aromatic heterocycles. The molecule has 5 atom stereocenters. The van der Waals surface area contributed by atoms with Gasteiger partial charge in [-0.15, -0.1) is 0 Å². The number of phenolic OH excluding ortho intramolecular Hbond substituents is 1. The maximum atomic E-state index is 14.3. The van der Waals surface area contributed by atoms with E-state index in [0.29, 0.717) is 24.8 Å². The van der Waals surface area contributed by atoms with Crippen LogP contribution >= 0.6 is 0 Å². The SMILES string of the molecule is CC(C)=CCc1cc(C(O)C2NC(=O)CNC(=O)C(C(C)C)NC(=O)CNC(=O)C3CCCN3C(=O)C(Cc3c[nH]c4ccccc34)NCC(=O)NC2=O)ccc1O. The molecule has 17 heteroatoms. The van der Waals surface area contributed by atoms with Crippen molar-refractivity contribution < 1.29 is 43.8 Å². The molecule has 9 N–H and O–H groups in total. The van der Waals surface area contributed by atoms with Gasteiger partial charge in [0.1, 0.15) is 30.0 Å². The van der Waals surface area contributed by atoms with Gasteiger partial charge in [0.2, 0.25) is 35.4 Å². The first-order valence-corrected chi connectivity index (χ1v) is 19.3. The largest absolute Gasteiger partial charge is 0.508 e. The fourth-order valence-electron chi connectivity index (χ4n) is 7.04. The molecule has 310 valence electrons. The van der Waals surface area contributed by atoms with E-state index in [1.807, 2.05) is 44.2 Å². The van der Waals surface area contributed by atoms with Crippen LogP contribution in [-0.4, -0.2) is 112 Å². The van der Waals surface area contributed by atoms with Gasteiger partial charge in [0.15, 0.2) is 0 Å². The number of nitrogens with one attached hydrogen (secondary N) is 7. The van der Waals surface area contributed by atoms with E-state index in [0.717, 1.165) is 22.0 Å². The Hall–Kier alpha value is -6.07. The number of carbonyl (C=O) groups excluding carboxylic acids is 7. The molecule has 0 radical (unpaired) electrons. The summed E-state index contributed by atoms with van der Waals surface area (Å²) in [6.07, 6.45) is 3.12. The van der Waals surface area contributed by atoms with Crippen LogP contribution in [-0.2, 0) is 46.4 Å². The normalized spacial score (nSPS) is 22.6. The number of aliphatic hydroxyl groups is 1. The Morgan fingerprint density at radius 1 is 0.845 bits per heavy atom. The lowest BCUT2D eigenvalue weighted by molar-refractivity contribution is -0.140. The standard InChI is InChI=1S/C41H52N8O9/c1-22(2)11-12-24-16-25(13-14-31(24)50)37(54)36-40(57)48-34(53)19-43-29(17-26-18-42-28-9-6-5-8-27(26)28)41(58)49-15-7-10-30(49)38(55)44-20-32(51)46-35(23(3)4)39(56)45-21-33(52)47-36/h5-6,8-9,11,13-14,16,18,23,29-30,35-37,42-43,50,54H,7,10,12,15,17,19-21H2,1-4H3,(H,44,55)(H,45,56)(H,46,51)(H,47,52)(H,48,53,57). The second-order valence-electron chi connectivity index (χ2n) is 15.2. The highest BCUT2D eigenvalue weighted by Gasteiger charge is 2.38. The first kappa shape index (κ1) is 43.1. The molecule has 3 aromatic rings. The summed E-state index contributed by atoms with van der Waals surface area (Å²) in [7, 11) is 0. The Labute approximate surface area is 335 Å². The minimum atomic E-state index is -1.77. The number of aromatic hydroxyl groups is 1. The monoisotopic (exact) mass is 800 g/mol. The van der Waals surface area contributed by atoms with Crippen LogP contribution in [0.25, 0.3) is 10.9 Å². The van der Waals surface area contributed by atoms with Crippen molar-refractivity contribution in [3.63, 3.8) is 0 Å². The van der Waals surface area contributed by atoms with Crippen LogP contribution in [0.15, 0.2) is 60.3 Å². The summed E-state index contributed by atoms with van der Waals surface area (Å²) in [6.45, 7) is 5.64. The maximum absolute atomic E-state index is 14.3. The predicted octanol–water partition coefficient (Wildman–Crippen LogP) is 0.122. The molecule has 0 spiro atoms. The molecule has 0 saturated carbocycles. The fourth-order valence-corrected chi connectivity index (χ4v) is 7.04. The van der Waals surface area contributed by atoms with Gasteiger partial charge in [0.05, 0.1) is 25.7 Å². The van der Waals surface area contributed by atoms with Gasteiger partial charge < -0.3 is 41.4 Å². The van der Waals surface area contributed by atoms with E-state index in [-0.39, 0.29) is 24.3 Å². The smallest absolute Gasteiger partial charge is 0.252 e. The molecule has 5 unspecified atom stereocenters. The Morgan fingerprint density at radius 3 is 2.24 bits per heavy atom. The minimum absolute atomic E-state index is 0.0539. The van der Waals surface area contributed by atoms with E-state index in [1.165, 1.54) is 23.1 Å². The molecule has 5 rings (SSSR count). The van der Waals surface area contributed by atoms with Gasteiger partial charge in [-0.05, 0) is 80.3 Å². The molecule has 0 bridgehead atoms. The van der Waals surface area contributed by atoms with Gasteiger partial charge in [-0.25, -0.2) is 0 Å². The van der Waals surface area contributed by atoms with Gasteiger partial charge >= 0.3 is 0 Å². The number of phenols is 1. The quantitative estimate of drug-likeness (QED) is 0.115. The first-order valence-electron chi connectivity index (χ1n) is 19.3. The maximum Gasteiger partial charge on any atom is 0.252 e. The summed E-state index contributed by atoms with van der Waals surface area (Å²) < 4.78 is 0. The highest BCUT2D eigenvalue weighted by atomic mass is 16.3. The predicted molar refractivity (Wildman–Crippen MR) is 213 cm³/mol. The Morgan fingerprint density at radius 2 is 1.53 bits per heavy atom. The van der Waals surface area contributed by atoms with Crippen LogP contribution < -0.4 is 31.9 Å². The van der Waals surface area contributed by atoms with E-state index < -0.39 is 97.2 Å². The molecule has 2 aromatic carbocycles. The fraction of sp³-hybridized carbons (Fsp3) is 0.439. The van der Waals surface area contributed by atoms with Crippen molar-refractivity contribution in [1.82, 2.24) is 41.8 Å². The van der Waals surface area contributed by atoms with Gasteiger partial charge in [0, 0.05) is 23.6 Å². The number of imide groups is 1. The molecule has 58 heavy (non-hydrogen) atoms. The zero-order chi connectivity index (χ0) is 42.1. The zero-order valence-corrected chi connectivity index (χ0v) is 33.0. The van der Waals surface area contributed by atoms with Crippen molar-refractivity contribution in [1.29, 1.82) is 0 Å². The summed E-state index contributed by atoms with van der Waals surface area (Å²) in [6, 6.07) is 6.81. The van der Waals surface area contributed by atoms with E-state index in [4.69, 9.17) is 0 Å². The number of amides is 7. The van der Waals surface area contributed by atoms with Crippen LogP contribution in [0, 0.1) is 5.92 Å². The molecular formula is C41H52N8O9. The summed E-state index contributed by atoms with van der Waals surface area (Å²) >= 11 is 0. The molecule has 3 heterocycles. The number of allylic oxidation sites excluding steroid dienone is 2. The van der Waals surface area contributed by atoms with Crippen LogP contribution in [0.3, 0.4) is 0 Å². The average molecular weight is 801 g/mol. The molecule has 2 aliphatic heterocycles. The van der Waals surface area contributed by atoms with Crippen molar-refractivity contribution in [2.24, 2.45) is 5.92 Å². The number of hydrogen-bond acceptors (Lipinski definition) is 10. The molecule has 2 aliphatic rings. The lowest BCUT2D eigenvalue weighted by Crippen LogP contribution is -2.56. The third-order valence-corrected chi connectivity index (χ3v) is 10.2. The van der Waals surface area contributed by atoms with Crippen molar-refractivity contribution in [3.8, 4) is 5.75 Å². The molecule has 0 aliphatic carbocycles. The van der Waals surface area contributed by atoms with Crippen molar-refractivity contribution >= 4 is 52.3 Å². The van der Waals surface area contributed by atoms with Gasteiger partial charge in [-0.2, -0.15) is 0 Å². The Balaban J connectivity index is 1.46. The third-order valence-electron chi connectivity index (χ3n) is 10.2. The third kappa shape index (κ3) is 10.9. The Bertz CT molecular complexity index is 2070. The Kier molecular flexibility index (Phi) is 14.4. The lowest BCUT2D eigenvalue weighted by atomic mass is 9.97. The van der Waals surface area contributed by atoms with Crippen LogP contribution in [0.5, 0.6) is 5.75 Å². The second-order valence-corrected chi connectivity index (χ2v) is 15.2. The van der Waals surface area contributed by atoms with Crippen LogP contribution in [0.2, 0.25) is 0 Å². The number of hydrogen-bond donors (Lipinski definition) is 9. The minimum Gasteiger partial charge on any atom is -0.508 e. The highest BCUT2D eigenvalue weighted by molar-refractivity contribution is 6.01. The summed E-state index contributed by atoms with van der Waals surface area (Å²) in [5, 5.41) is 38.0. The van der Waals surface area contributed by atoms with Gasteiger partial charge in [-0.3, -0.25) is 44.2 Å². The zero-order valence-electron chi connectivity index (χ0n) is 33.0. The lowest BCUT2D eigenvalue weighted by Gasteiger charge is -2.29. The van der Waals surface area contributed by atoms with E-state index in [9.17, 15) is 43.8 Å². The number of para-hydroxylation sites is 1. The first-order chi connectivity index (χ1) is 27.6. The molecule has 2 fully saturated rings. The van der Waals surface area contributed by atoms with Crippen molar-refractivity contribution in [3.05, 3.63) is 77.0 Å². The number of aromatic nitrogens is 1. The van der Waals surface area contributed by atoms with E-state index >= 15 is 0 Å². The number of benzene rings is 2. The molecule has 17 nitrogen and oxygen atoms in total. The average Bonchev–Trinajstić information content (AvgIpc) is 3.85. The number of aromatic amines is 1. The highest BCUT2D eigenvalue weighted by Crippen LogP contribution is 2.26. The number of nitrogens with zero attached hydrogens (tertiary/aromatic N) is 1. The second kappa shape index (κ2) is 19.4. The van der Waals surface area contributed by atoms with Crippen molar-refractivity contribution in [2.45, 2.75) is 83.6 Å². The number of rotatable bonds is 7. The molecule has 7 amide bonds. The van der Waals surface area contributed by atoms with Crippen LogP contribution in [0.4, 0.5) is 0 Å². The van der Waals surface area contributed by atoms with E-state index in [2.05, 4.69) is 36.9 Å². The van der Waals surface area contributed by atoms with Crippen molar-refractivity contribution in [2.75, 3.05) is 26.2 Å². The number of H-pyrrole nitrogens is 1. The summed E-state index contributed by atoms with van der Waals surface area (Å²) in [5.74, 6) is -5.83. The van der Waals surface area contributed by atoms with Gasteiger partial charge in [0.25, 0.3) is 5.91 Å². The number of carbonyl (C=O) groups is 7. The molecule has 2 saturated heterocycles. The molecular weight excluding hydrogens is 748 g/mol. The summed E-state index contributed by atoms with van der Waals surface area (Å²) in [5.41, 5.74) is 3.14. The van der Waals surface area contributed by atoms with Crippen LogP contribution in [0.1, 0.15) is 63.3 Å².